The van der Waals surface area contributed by atoms with Gasteiger partial charge in [-0.2, -0.15) is 0 Å². The SMILES string of the molecule is CCOC(=O)c1sc2nc(CSc3n[nH]c(-c4cc(Cl)ccc4OC)n3)nc(N)c2c1C. The summed E-state index contributed by atoms with van der Waals surface area (Å²) in [6, 6.07) is 5.27. The zero-order valence-electron chi connectivity index (χ0n) is 17.4. The number of nitrogen functional groups attached to an aromatic ring is 1. The van der Waals surface area contributed by atoms with Gasteiger partial charge in [-0.3, -0.25) is 5.10 Å². The number of fused-ring (bicyclic) bond motifs is 1. The third-order valence-electron chi connectivity index (χ3n) is 4.54. The largest absolute Gasteiger partial charge is 0.496 e. The zero-order valence-corrected chi connectivity index (χ0v) is 19.8. The maximum atomic E-state index is 12.2. The van der Waals surface area contributed by atoms with E-state index in [0.29, 0.717) is 66.4 Å². The van der Waals surface area contributed by atoms with E-state index in [4.69, 9.17) is 26.8 Å². The summed E-state index contributed by atoms with van der Waals surface area (Å²) in [5.74, 6) is 2.03. The highest BCUT2D eigenvalue weighted by Gasteiger charge is 2.21. The molecule has 0 atom stereocenters. The van der Waals surface area contributed by atoms with Gasteiger partial charge in [-0.25, -0.2) is 19.7 Å². The van der Waals surface area contributed by atoms with Gasteiger partial charge in [0.1, 0.15) is 27.1 Å². The van der Waals surface area contributed by atoms with E-state index in [0.717, 1.165) is 5.56 Å². The first-order valence-electron chi connectivity index (χ1n) is 9.53. The lowest BCUT2D eigenvalue weighted by atomic mass is 10.2. The molecule has 0 saturated heterocycles. The number of nitrogens with zero attached hydrogens (tertiary/aromatic N) is 4. The maximum Gasteiger partial charge on any atom is 0.348 e. The molecule has 4 aromatic rings. The Morgan fingerprint density at radius 1 is 1.31 bits per heavy atom. The van der Waals surface area contributed by atoms with Crippen molar-refractivity contribution in [1.29, 1.82) is 0 Å². The number of nitrogens with two attached hydrogens (primary N) is 1. The summed E-state index contributed by atoms with van der Waals surface area (Å²) >= 11 is 8.71. The van der Waals surface area contributed by atoms with Gasteiger partial charge in [-0.05, 0) is 37.6 Å². The molecule has 0 amide bonds. The minimum absolute atomic E-state index is 0.301. The number of hydrogen-bond donors (Lipinski definition) is 2. The topological polar surface area (TPSA) is 129 Å². The number of benzene rings is 1. The number of carbonyl (C=O) groups is 1. The lowest BCUT2D eigenvalue weighted by Gasteiger charge is -2.05. The van der Waals surface area contributed by atoms with Crippen LogP contribution in [0.1, 0.15) is 28.0 Å². The van der Waals surface area contributed by atoms with E-state index in [1.807, 2.05) is 6.92 Å². The Morgan fingerprint density at radius 3 is 2.88 bits per heavy atom. The van der Waals surface area contributed by atoms with Crippen LogP contribution in [0.4, 0.5) is 5.82 Å². The molecule has 9 nitrogen and oxygen atoms in total. The monoisotopic (exact) mass is 490 g/mol. The first kappa shape index (κ1) is 22.3. The zero-order chi connectivity index (χ0) is 22.8. The first-order valence-corrected chi connectivity index (χ1v) is 11.7. The van der Waals surface area contributed by atoms with Gasteiger partial charge in [0.15, 0.2) is 5.82 Å². The quantitative estimate of drug-likeness (QED) is 0.284. The normalized spacial score (nSPS) is 11.1. The number of ether oxygens (including phenoxy) is 2. The number of aromatic amines is 1. The summed E-state index contributed by atoms with van der Waals surface area (Å²) in [7, 11) is 1.58. The van der Waals surface area contributed by atoms with Crippen molar-refractivity contribution in [3.05, 3.63) is 39.5 Å². The number of halogens is 1. The van der Waals surface area contributed by atoms with E-state index in [1.54, 1.807) is 32.2 Å². The van der Waals surface area contributed by atoms with E-state index in [2.05, 4.69) is 25.1 Å². The summed E-state index contributed by atoms with van der Waals surface area (Å²) in [5.41, 5.74) is 7.61. The van der Waals surface area contributed by atoms with Crippen LogP contribution in [0.2, 0.25) is 5.02 Å². The minimum atomic E-state index is -0.381. The predicted octanol–water partition coefficient (Wildman–Crippen LogP) is 4.50. The van der Waals surface area contributed by atoms with Gasteiger partial charge in [-0.15, -0.1) is 16.4 Å². The molecule has 0 radical (unpaired) electrons. The van der Waals surface area contributed by atoms with Crippen molar-refractivity contribution >= 4 is 56.7 Å². The second-order valence-corrected chi connectivity index (χ2v) is 8.96. The number of carbonyl (C=O) groups excluding carboxylic acids is 1. The Kier molecular flexibility index (Phi) is 6.49. The highest BCUT2D eigenvalue weighted by atomic mass is 35.5. The van der Waals surface area contributed by atoms with Gasteiger partial charge in [-0.1, -0.05) is 23.4 Å². The maximum absolute atomic E-state index is 12.2. The summed E-state index contributed by atoms with van der Waals surface area (Å²) < 4.78 is 10.5. The van der Waals surface area contributed by atoms with Crippen molar-refractivity contribution in [2.45, 2.75) is 24.8 Å². The number of methoxy groups -OCH3 is 1. The van der Waals surface area contributed by atoms with Crippen molar-refractivity contribution < 1.29 is 14.3 Å². The number of aromatic nitrogens is 5. The minimum Gasteiger partial charge on any atom is -0.496 e. The van der Waals surface area contributed by atoms with Crippen molar-refractivity contribution in [1.82, 2.24) is 25.1 Å². The molecule has 4 rings (SSSR count). The molecule has 0 saturated carbocycles. The van der Waals surface area contributed by atoms with Gasteiger partial charge < -0.3 is 15.2 Å². The summed E-state index contributed by atoms with van der Waals surface area (Å²) in [6.45, 7) is 3.88. The van der Waals surface area contributed by atoms with Crippen molar-refractivity contribution in [2.24, 2.45) is 0 Å². The summed E-state index contributed by atoms with van der Waals surface area (Å²) in [6.07, 6.45) is 0. The first-order chi connectivity index (χ1) is 15.4. The standard InChI is InChI=1S/C20H19ClN6O3S2/c1-4-30-19(28)15-9(2)14-16(22)23-13(24-18(14)32-15)8-31-20-25-17(26-27-20)11-7-10(21)5-6-12(11)29-3/h5-7H,4,8H2,1-3H3,(H2,22,23,24)(H,25,26,27). The Bertz CT molecular complexity index is 1310. The number of esters is 1. The lowest BCUT2D eigenvalue weighted by Crippen LogP contribution is -2.04. The Morgan fingerprint density at radius 2 is 2.12 bits per heavy atom. The third kappa shape index (κ3) is 4.36. The Labute approximate surface area is 196 Å². The van der Waals surface area contributed by atoms with E-state index in [9.17, 15) is 4.79 Å². The highest BCUT2D eigenvalue weighted by molar-refractivity contribution is 7.98. The van der Waals surface area contributed by atoms with Gasteiger partial charge in [0.25, 0.3) is 0 Å². The number of aryl methyl sites for hydroxylation is 1. The van der Waals surface area contributed by atoms with Crippen LogP contribution in [0.3, 0.4) is 0 Å². The second kappa shape index (κ2) is 9.31. The molecule has 166 valence electrons. The molecule has 3 N–H and O–H groups in total. The van der Waals surface area contributed by atoms with E-state index in [-0.39, 0.29) is 5.97 Å². The van der Waals surface area contributed by atoms with Crippen LogP contribution < -0.4 is 10.5 Å². The number of nitrogens with one attached hydrogen (secondary N) is 1. The average Bonchev–Trinajstić information content (AvgIpc) is 3.37. The molecule has 0 unspecified atom stereocenters. The molecule has 0 aliphatic carbocycles. The van der Waals surface area contributed by atoms with Crippen LogP contribution in [0.25, 0.3) is 21.6 Å². The molecule has 0 aliphatic rings. The third-order valence-corrected chi connectivity index (χ3v) is 6.78. The van der Waals surface area contributed by atoms with Crippen molar-refractivity contribution in [3.63, 3.8) is 0 Å². The highest BCUT2D eigenvalue weighted by Crippen LogP contribution is 2.34. The molecule has 0 bridgehead atoms. The van der Waals surface area contributed by atoms with Gasteiger partial charge in [0, 0.05) is 5.02 Å². The number of H-pyrrole nitrogens is 1. The number of anilines is 1. The molecule has 0 fully saturated rings. The van der Waals surface area contributed by atoms with E-state index < -0.39 is 0 Å². The van der Waals surface area contributed by atoms with Gasteiger partial charge >= 0.3 is 5.97 Å². The summed E-state index contributed by atoms with van der Waals surface area (Å²) in [4.78, 5) is 26.8. The Hall–Kier alpha value is -2.89. The fraction of sp³-hybridized carbons (Fsp3) is 0.250. The molecular formula is C20H19ClN6O3S2. The molecule has 32 heavy (non-hydrogen) atoms. The van der Waals surface area contributed by atoms with Crippen LogP contribution in [0.15, 0.2) is 23.4 Å². The summed E-state index contributed by atoms with van der Waals surface area (Å²) in [5, 5.41) is 8.90. The van der Waals surface area contributed by atoms with Crippen molar-refractivity contribution in [2.75, 3.05) is 19.5 Å². The van der Waals surface area contributed by atoms with Gasteiger partial charge in [0.05, 0.1) is 30.4 Å². The smallest absolute Gasteiger partial charge is 0.348 e. The Balaban J connectivity index is 1.55. The van der Waals surface area contributed by atoms with Crippen LogP contribution in [-0.4, -0.2) is 44.8 Å². The number of rotatable bonds is 7. The van der Waals surface area contributed by atoms with Gasteiger partial charge in [0.2, 0.25) is 5.16 Å². The number of thiophene rings is 1. The van der Waals surface area contributed by atoms with Crippen LogP contribution >= 0.6 is 34.7 Å². The second-order valence-electron chi connectivity index (χ2n) is 6.58. The average molecular weight is 491 g/mol. The van der Waals surface area contributed by atoms with Crippen LogP contribution in [0, 0.1) is 6.92 Å². The molecule has 3 aromatic heterocycles. The molecule has 0 spiro atoms. The number of hydrogen-bond acceptors (Lipinski definition) is 10. The predicted molar refractivity (Wildman–Crippen MR) is 125 cm³/mol. The molecule has 12 heteroatoms. The van der Waals surface area contributed by atoms with Crippen LogP contribution in [0.5, 0.6) is 5.75 Å². The fourth-order valence-corrected chi connectivity index (χ4v) is 5.02. The fourth-order valence-electron chi connectivity index (χ4n) is 3.10. The molecule has 3 heterocycles. The van der Waals surface area contributed by atoms with E-state index >= 15 is 0 Å². The number of thioether (sulfide) groups is 1. The van der Waals surface area contributed by atoms with Crippen molar-refractivity contribution in [3.8, 4) is 17.1 Å². The van der Waals surface area contributed by atoms with Crippen LogP contribution in [-0.2, 0) is 10.5 Å². The molecular weight excluding hydrogens is 472 g/mol. The van der Waals surface area contributed by atoms with E-state index in [1.165, 1.54) is 23.1 Å². The molecule has 1 aromatic carbocycles. The lowest BCUT2D eigenvalue weighted by molar-refractivity contribution is 0.0531. The molecule has 0 aliphatic heterocycles.